The number of thiophene rings is 1. The summed E-state index contributed by atoms with van der Waals surface area (Å²) in [6.07, 6.45) is 0. The molecule has 7 nitrogen and oxygen atoms in total. The maximum Gasteiger partial charge on any atom is 0.343 e. The molecule has 0 aliphatic heterocycles. The summed E-state index contributed by atoms with van der Waals surface area (Å²) in [4.78, 5) is 36.6. The van der Waals surface area contributed by atoms with Gasteiger partial charge in [-0.1, -0.05) is 12.2 Å². The van der Waals surface area contributed by atoms with Crippen LogP contribution in [0.1, 0.15) is 17.3 Å². The Labute approximate surface area is 139 Å². The number of carbonyl (C=O) groups is 1. The van der Waals surface area contributed by atoms with Crippen molar-refractivity contribution in [2.75, 3.05) is 11.9 Å². The molecule has 0 aliphatic rings. The lowest BCUT2D eigenvalue weighted by Crippen LogP contribution is -2.36. The third-order valence-electron chi connectivity index (χ3n) is 2.99. The summed E-state index contributed by atoms with van der Waals surface area (Å²) in [5.74, 6) is -0.635. The standard InChI is InChI=1S/C12H13N3O4S3/c1-4-19-10(17)5-6-7(22-8(5)13-11(20)21)9(16)15(3)12(18)14(6)2/h4H2,1-3H3,(H2,13,20,21). The lowest BCUT2D eigenvalue weighted by Gasteiger charge is -2.08. The minimum Gasteiger partial charge on any atom is -0.462 e. The Hall–Kier alpha value is -1.65. The molecule has 0 saturated heterocycles. The van der Waals surface area contributed by atoms with Crippen LogP contribution in [0.25, 0.3) is 10.2 Å². The van der Waals surface area contributed by atoms with Crippen LogP contribution < -0.4 is 16.6 Å². The Balaban J connectivity index is 2.94. The Kier molecular flexibility index (Phi) is 4.73. The lowest BCUT2D eigenvalue weighted by molar-refractivity contribution is 0.0530. The first kappa shape index (κ1) is 16.7. The molecule has 1 N–H and O–H groups in total. The molecule has 0 fully saturated rings. The number of ether oxygens (including phenoxy) is 1. The zero-order valence-electron chi connectivity index (χ0n) is 12.0. The van der Waals surface area contributed by atoms with Gasteiger partial charge >= 0.3 is 11.7 Å². The van der Waals surface area contributed by atoms with Gasteiger partial charge in [0, 0.05) is 14.1 Å². The molecule has 2 heterocycles. The van der Waals surface area contributed by atoms with Crippen molar-refractivity contribution < 1.29 is 9.53 Å². The molecule has 0 aromatic carbocycles. The molecule has 2 rings (SSSR count). The second-order valence-electron chi connectivity index (χ2n) is 4.34. The van der Waals surface area contributed by atoms with Crippen molar-refractivity contribution in [1.82, 2.24) is 9.13 Å². The molecule has 0 aliphatic carbocycles. The topological polar surface area (TPSA) is 82.3 Å². The first-order valence-electron chi connectivity index (χ1n) is 6.19. The van der Waals surface area contributed by atoms with Gasteiger partial charge in [0.2, 0.25) is 0 Å². The number of fused-ring (bicyclic) bond motifs is 1. The molecule has 118 valence electrons. The number of nitrogens with zero attached hydrogens (tertiary/aromatic N) is 2. The second-order valence-corrected chi connectivity index (χ2v) is 6.52. The molecule has 0 atom stereocenters. The summed E-state index contributed by atoms with van der Waals surface area (Å²) in [6, 6.07) is 0. The first-order chi connectivity index (χ1) is 10.3. The number of aryl methyl sites for hydroxylation is 1. The van der Waals surface area contributed by atoms with E-state index >= 15 is 0 Å². The number of thiol groups is 1. The summed E-state index contributed by atoms with van der Waals surface area (Å²) in [5, 5.41) is 3.07. The average molecular weight is 359 g/mol. The van der Waals surface area contributed by atoms with Crippen LogP contribution in [-0.2, 0) is 18.8 Å². The van der Waals surface area contributed by atoms with Gasteiger partial charge in [0.15, 0.2) is 0 Å². The van der Waals surface area contributed by atoms with Gasteiger partial charge in [-0.25, -0.2) is 9.59 Å². The average Bonchev–Trinajstić information content (AvgIpc) is 2.81. The number of aromatic nitrogens is 2. The van der Waals surface area contributed by atoms with Crippen LogP contribution in [-0.4, -0.2) is 26.0 Å². The Morgan fingerprint density at radius 3 is 2.55 bits per heavy atom. The quantitative estimate of drug-likeness (QED) is 0.485. The van der Waals surface area contributed by atoms with Crippen molar-refractivity contribution in [3.05, 3.63) is 26.4 Å². The maximum absolute atomic E-state index is 12.3. The van der Waals surface area contributed by atoms with Crippen LogP contribution >= 0.6 is 36.2 Å². The summed E-state index contributed by atoms with van der Waals surface area (Å²) in [6.45, 7) is 1.83. The molecular formula is C12H13N3O4S3. The first-order valence-corrected chi connectivity index (χ1v) is 7.86. The van der Waals surface area contributed by atoms with Gasteiger partial charge in [-0.2, -0.15) is 0 Å². The summed E-state index contributed by atoms with van der Waals surface area (Å²) in [7, 11) is 2.87. The summed E-state index contributed by atoms with van der Waals surface area (Å²) in [5.41, 5.74) is -0.674. The zero-order valence-corrected chi connectivity index (χ0v) is 14.5. The number of carbonyl (C=O) groups excluding carboxylic acids is 1. The minimum absolute atomic E-state index is 0.107. The Bertz CT molecular complexity index is 894. The SMILES string of the molecule is CCOC(=O)c1c(NC(=S)S)sc2c(=O)n(C)c(=O)n(C)c12. The van der Waals surface area contributed by atoms with E-state index < -0.39 is 17.2 Å². The van der Waals surface area contributed by atoms with Crippen molar-refractivity contribution in [3.63, 3.8) is 0 Å². The molecule has 2 aromatic heterocycles. The molecule has 0 amide bonds. The summed E-state index contributed by atoms with van der Waals surface area (Å²) < 4.78 is 7.64. The number of anilines is 1. The number of hydrogen-bond donors (Lipinski definition) is 2. The van der Waals surface area contributed by atoms with Crippen molar-refractivity contribution in [2.24, 2.45) is 14.1 Å². The van der Waals surface area contributed by atoms with Gasteiger partial charge in [0.1, 0.15) is 19.6 Å². The fourth-order valence-corrected chi connectivity index (χ4v) is 3.58. The van der Waals surface area contributed by atoms with Crippen LogP contribution in [0.15, 0.2) is 9.59 Å². The van der Waals surface area contributed by atoms with Crippen molar-refractivity contribution >= 4 is 61.7 Å². The molecular weight excluding hydrogens is 346 g/mol. The number of rotatable bonds is 3. The molecule has 0 unspecified atom stereocenters. The van der Waals surface area contributed by atoms with E-state index in [0.29, 0.717) is 5.00 Å². The highest BCUT2D eigenvalue weighted by Crippen LogP contribution is 2.33. The number of hydrogen-bond acceptors (Lipinski definition) is 6. The fourth-order valence-electron chi connectivity index (χ4n) is 2.03. The highest BCUT2D eigenvalue weighted by Gasteiger charge is 2.25. The van der Waals surface area contributed by atoms with Crippen LogP contribution in [0.2, 0.25) is 0 Å². The van der Waals surface area contributed by atoms with Crippen molar-refractivity contribution in [2.45, 2.75) is 6.92 Å². The predicted octanol–water partition coefficient (Wildman–Crippen LogP) is 1.10. The Morgan fingerprint density at radius 1 is 1.36 bits per heavy atom. The third kappa shape index (κ3) is 2.69. The van der Waals surface area contributed by atoms with Gasteiger partial charge < -0.3 is 10.1 Å². The minimum atomic E-state index is -0.635. The molecule has 2 aromatic rings. The second kappa shape index (κ2) is 6.23. The van der Waals surface area contributed by atoms with E-state index in [1.165, 1.54) is 18.7 Å². The highest BCUT2D eigenvalue weighted by molar-refractivity contribution is 8.11. The van der Waals surface area contributed by atoms with Crippen LogP contribution in [0.4, 0.5) is 5.00 Å². The van der Waals surface area contributed by atoms with E-state index in [4.69, 9.17) is 17.0 Å². The predicted molar refractivity (Wildman–Crippen MR) is 93.5 cm³/mol. The van der Waals surface area contributed by atoms with Crippen molar-refractivity contribution in [1.29, 1.82) is 0 Å². The van der Waals surface area contributed by atoms with Gasteiger partial charge in [0.05, 0.1) is 12.1 Å². The fraction of sp³-hybridized carbons (Fsp3) is 0.333. The van der Waals surface area contributed by atoms with Crippen LogP contribution in [0.5, 0.6) is 0 Å². The van der Waals surface area contributed by atoms with E-state index in [2.05, 4.69) is 17.9 Å². The number of nitrogens with one attached hydrogen (secondary N) is 1. The van der Waals surface area contributed by atoms with E-state index in [1.807, 2.05) is 0 Å². The molecule has 10 heteroatoms. The smallest absolute Gasteiger partial charge is 0.343 e. The zero-order chi connectivity index (χ0) is 16.6. The van der Waals surface area contributed by atoms with Crippen LogP contribution in [0.3, 0.4) is 0 Å². The highest BCUT2D eigenvalue weighted by atomic mass is 32.1. The normalized spacial score (nSPS) is 10.7. The molecule has 22 heavy (non-hydrogen) atoms. The number of esters is 1. The monoisotopic (exact) mass is 359 g/mol. The Morgan fingerprint density at radius 2 is 2.00 bits per heavy atom. The number of thiocarbonyl (C=S) groups is 1. The molecule has 0 radical (unpaired) electrons. The molecule has 0 bridgehead atoms. The largest absolute Gasteiger partial charge is 0.462 e. The van der Waals surface area contributed by atoms with Crippen molar-refractivity contribution in [3.8, 4) is 0 Å². The van der Waals surface area contributed by atoms with E-state index in [-0.39, 0.29) is 26.7 Å². The van der Waals surface area contributed by atoms with Gasteiger partial charge in [0.25, 0.3) is 5.56 Å². The third-order valence-corrected chi connectivity index (χ3v) is 4.29. The molecule has 0 saturated carbocycles. The van der Waals surface area contributed by atoms with Gasteiger partial charge in [-0.15, -0.1) is 24.0 Å². The summed E-state index contributed by atoms with van der Waals surface area (Å²) >= 11 is 9.87. The van der Waals surface area contributed by atoms with E-state index in [0.717, 1.165) is 15.9 Å². The molecule has 0 spiro atoms. The van der Waals surface area contributed by atoms with Gasteiger partial charge in [-0.05, 0) is 6.92 Å². The van der Waals surface area contributed by atoms with Crippen LogP contribution in [0, 0.1) is 0 Å². The van der Waals surface area contributed by atoms with E-state index in [9.17, 15) is 14.4 Å². The van der Waals surface area contributed by atoms with E-state index in [1.54, 1.807) is 6.92 Å². The van der Waals surface area contributed by atoms with Gasteiger partial charge in [-0.3, -0.25) is 13.9 Å². The lowest BCUT2D eigenvalue weighted by atomic mass is 10.2. The maximum atomic E-state index is 12.3.